The van der Waals surface area contributed by atoms with Crippen molar-refractivity contribution in [2.75, 3.05) is 7.11 Å². The van der Waals surface area contributed by atoms with Gasteiger partial charge in [-0.1, -0.05) is 6.07 Å². The van der Waals surface area contributed by atoms with Crippen molar-refractivity contribution in [1.29, 1.82) is 0 Å². The number of rotatable bonds is 5. The molecule has 1 heterocycles. The van der Waals surface area contributed by atoms with Crippen molar-refractivity contribution in [3.8, 4) is 11.5 Å². The maximum Gasteiger partial charge on any atom is 0.336 e. The molecule has 0 spiro atoms. The number of carbonyl (C=O) groups excluding carboxylic acids is 1. The average Bonchev–Trinajstić information content (AvgIpc) is 2.66. The first-order valence-corrected chi connectivity index (χ1v) is 8.63. The SMILES string of the molecule is COc1cc(/C=C/C(=O)OCc2cc(=O)oc3cc(C)c(C)cc23)ccc1O. The minimum Gasteiger partial charge on any atom is -0.504 e. The minimum absolute atomic E-state index is 0.0162. The number of carbonyl (C=O) groups is 1. The highest BCUT2D eigenvalue weighted by Gasteiger charge is 2.09. The molecule has 1 N–H and O–H groups in total. The third-order valence-electron chi connectivity index (χ3n) is 4.43. The van der Waals surface area contributed by atoms with Gasteiger partial charge >= 0.3 is 11.6 Å². The molecule has 3 rings (SSSR count). The number of ether oxygens (including phenoxy) is 2. The van der Waals surface area contributed by atoms with Gasteiger partial charge in [0.25, 0.3) is 0 Å². The minimum atomic E-state index is -0.558. The van der Waals surface area contributed by atoms with Crippen molar-refractivity contribution < 1.29 is 23.8 Å². The Kier molecular flexibility index (Phi) is 5.49. The number of phenols is 1. The van der Waals surface area contributed by atoms with Gasteiger partial charge in [0.15, 0.2) is 11.5 Å². The van der Waals surface area contributed by atoms with Crippen LogP contribution in [0.2, 0.25) is 0 Å². The van der Waals surface area contributed by atoms with E-state index in [1.807, 2.05) is 19.9 Å². The number of fused-ring (bicyclic) bond motifs is 1. The average molecular weight is 380 g/mol. The second-order valence-corrected chi connectivity index (χ2v) is 6.40. The van der Waals surface area contributed by atoms with Crippen LogP contribution in [0.3, 0.4) is 0 Å². The van der Waals surface area contributed by atoms with E-state index in [4.69, 9.17) is 13.9 Å². The summed E-state index contributed by atoms with van der Waals surface area (Å²) in [5.41, 5.74) is 3.29. The van der Waals surface area contributed by atoms with E-state index in [-0.39, 0.29) is 12.4 Å². The van der Waals surface area contributed by atoms with E-state index in [1.165, 1.54) is 25.3 Å². The summed E-state index contributed by atoms with van der Waals surface area (Å²) in [6.07, 6.45) is 2.82. The molecule has 1 aromatic heterocycles. The number of aryl methyl sites for hydroxylation is 2. The fourth-order valence-electron chi connectivity index (χ4n) is 2.76. The lowest BCUT2D eigenvalue weighted by Crippen LogP contribution is -2.06. The number of benzene rings is 2. The lowest BCUT2D eigenvalue weighted by Gasteiger charge is -2.08. The van der Waals surface area contributed by atoms with Crippen LogP contribution in [0.1, 0.15) is 22.3 Å². The van der Waals surface area contributed by atoms with Crippen molar-refractivity contribution in [2.24, 2.45) is 0 Å². The van der Waals surface area contributed by atoms with Gasteiger partial charge in [0.2, 0.25) is 0 Å². The number of methoxy groups -OCH3 is 1. The second-order valence-electron chi connectivity index (χ2n) is 6.40. The van der Waals surface area contributed by atoms with Gasteiger partial charge in [-0.25, -0.2) is 9.59 Å². The molecule has 0 aliphatic heterocycles. The van der Waals surface area contributed by atoms with Gasteiger partial charge in [-0.3, -0.25) is 0 Å². The van der Waals surface area contributed by atoms with Crippen molar-refractivity contribution in [3.63, 3.8) is 0 Å². The smallest absolute Gasteiger partial charge is 0.336 e. The van der Waals surface area contributed by atoms with Crippen LogP contribution in [0.25, 0.3) is 17.0 Å². The van der Waals surface area contributed by atoms with Crippen LogP contribution in [0, 0.1) is 13.8 Å². The topological polar surface area (TPSA) is 86.0 Å². The molecule has 144 valence electrons. The predicted octanol–water partition coefficient (Wildman–Crippen LogP) is 3.88. The summed E-state index contributed by atoms with van der Waals surface area (Å²) in [6.45, 7) is 3.85. The molecule has 0 aliphatic carbocycles. The fraction of sp³-hybridized carbons (Fsp3) is 0.182. The Morgan fingerprint density at radius 1 is 1.14 bits per heavy atom. The van der Waals surface area contributed by atoms with Crippen molar-refractivity contribution >= 4 is 23.0 Å². The Bertz CT molecular complexity index is 1120. The molecular formula is C22H20O6. The molecule has 6 nitrogen and oxygen atoms in total. The van der Waals surface area contributed by atoms with Crippen LogP contribution in [0.5, 0.6) is 11.5 Å². The number of esters is 1. The van der Waals surface area contributed by atoms with Crippen LogP contribution in [0.4, 0.5) is 0 Å². The van der Waals surface area contributed by atoms with E-state index in [0.29, 0.717) is 22.5 Å². The highest BCUT2D eigenvalue weighted by Crippen LogP contribution is 2.27. The Labute approximate surface area is 161 Å². The van der Waals surface area contributed by atoms with E-state index < -0.39 is 11.6 Å². The van der Waals surface area contributed by atoms with Crippen LogP contribution in [-0.2, 0) is 16.1 Å². The summed E-state index contributed by atoms with van der Waals surface area (Å²) >= 11 is 0. The Morgan fingerprint density at radius 2 is 1.89 bits per heavy atom. The molecule has 0 fully saturated rings. The lowest BCUT2D eigenvalue weighted by atomic mass is 10.0. The van der Waals surface area contributed by atoms with Gasteiger partial charge in [0.1, 0.15) is 12.2 Å². The van der Waals surface area contributed by atoms with Crippen molar-refractivity contribution in [3.05, 3.63) is 75.1 Å². The van der Waals surface area contributed by atoms with Crippen LogP contribution in [-0.4, -0.2) is 18.2 Å². The molecule has 0 atom stereocenters. The first-order valence-electron chi connectivity index (χ1n) is 8.63. The molecule has 0 radical (unpaired) electrons. The zero-order valence-electron chi connectivity index (χ0n) is 15.8. The second kappa shape index (κ2) is 8.00. The Morgan fingerprint density at radius 3 is 2.64 bits per heavy atom. The van der Waals surface area contributed by atoms with E-state index in [9.17, 15) is 14.7 Å². The predicted molar refractivity (Wildman–Crippen MR) is 105 cm³/mol. The number of hydrogen-bond donors (Lipinski definition) is 1. The summed E-state index contributed by atoms with van der Waals surface area (Å²) in [5, 5.41) is 10.3. The number of phenolic OH excluding ortho intramolecular Hbond substituents is 1. The third kappa shape index (κ3) is 4.23. The fourth-order valence-corrected chi connectivity index (χ4v) is 2.76. The van der Waals surface area contributed by atoms with Gasteiger partial charge in [0.05, 0.1) is 7.11 Å². The van der Waals surface area contributed by atoms with Crippen LogP contribution < -0.4 is 10.4 Å². The molecule has 0 unspecified atom stereocenters. The molecule has 0 aliphatic rings. The molecule has 0 saturated carbocycles. The summed E-state index contributed by atoms with van der Waals surface area (Å²) in [6, 6.07) is 9.76. The van der Waals surface area contributed by atoms with E-state index >= 15 is 0 Å². The van der Waals surface area contributed by atoms with E-state index in [0.717, 1.165) is 16.5 Å². The first kappa shape index (κ1) is 19.2. The molecule has 0 saturated heterocycles. The monoisotopic (exact) mass is 380 g/mol. The largest absolute Gasteiger partial charge is 0.504 e. The Hall–Kier alpha value is -3.54. The highest BCUT2D eigenvalue weighted by molar-refractivity contribution is 5.87. The van der Waals surface area contributed by atoms with Crippen LogP contribution in [0.15, 0.2) is 51.7 Å². The Balaban J connectivity index is 1.76. The maximum absolute atomic E-state index is 12.1. The van der Waals surface area contributed by atoms with Gasteiger partial charge in [-0.15, -0.1) is 0 Å². The van der Waals surface area contributed by atoms with Gasteiger partial charge < -0.3 is 19.0 Å². The van der Waals surface area contributed by atoms with Crippen molar-refractivity contribution in [2.45, 2.75) is 20.5 Å². The zero-order chi connectivity index (χ0) is 20.3. The van der Waals surface area contributed by atoms with Crippen LogP contribution >= 0.6 is 0 Å². The summed E-state index contributed by atoms with van der Waals surface area (Å²) in [7, 11) is 1.45. The maximum atomic E-state index is 12.1. The first-order chi connectivity index (χ1) is 13.4. The normalized spacial score (nSPS) is 11.1. The standard InChI is InChI=1S/C22H20O6/c1-13-8-17-16(11-22(25)28-19(17)9-14(13)2)12-27-21(24)7-5-15-4-6-18(23)20(10-15)26-3/h4-11,23H,12H2,1-3H3/b7-5+. The lowest BCUT2D eigenvalue weighted by molar-refractivity contribution is -0.138. The number of hydrogen-bond acceptors (Lipinski definition) is 6. The number of aromatic hydroxyl groups is 1. The highest BCUT2D eigenvalue weighted by atomic mass is 16.5. The van der Waals surface area contributed by atoms with Crippen molar-refractivity contribution in [1.82, 2.24) is 0 Å². The summed E-state index contributed by atoms with van der Waals surface area (Å²) in [5.74, 6) is -0.233. The van der Waals surface area contributed by atoms with E-state index in [2.05, 4.69) is 0 Å². The van der Waals surface area contributed by atoms with Gasteiger partial charge in [0, 0.05) is 23.1 Å². The summed E-state index contributed by atoms with van der Waals surface area (Å²) in [4.78, 5) is 23.9. The summed E-state index contributed by atoms with van der Waals surface area (Å²) < 4.78 is 15.5. The molecule has 3 aromatic rings. The molecule has 0 bridgehead atoms. The quantitative estimate of drug-likeness (QED) is 0.411. The molecular weight excluding hydrogens is 360 g/mol. The molecule has 0 amide bonds. The van der Waals surface area contributed by atoms with Gasteiger partial charge in [-0.05, 0) is 60.9 Å². The zero-order valence-corrected chi connectivity index (χ0v) is 15.8. The molecule has 6 heteroatoms. The molecule has 28 heavy (non-hydrogen) atoms. The van der Waals surface area contributed by atoms with Gasteiger partial charge in [-0.2, -0.15) is 0 Å². The van der Waals surface area contributed by atoms with E-state index in [1.54, 1.807) is 24.3 Å². The molecule has 2 aromatic carbocycles. The third-order valence-corrected chi connectivity index (χ3v) is 4.43.